The average molecular weight is 618 g/mol. The first-order valence-electron chi connectivity index (χ1n) is 14.3. The van der Waals surface area contributed by atoms with Gasteiger partial charge in [-0.3, -0.25) is 24.0 Å². The molecule has 0 aliphatic heterocycles. The Kier molecular flexibility index (Phi) is 23.9. The number of carboxylic acids is 3. The van der Waals surface area contributed by atoms with Crippen LogP contribution in [0.3, 0.4) is 0 Å². The summed E-state index contributed by atoms with van der Waals surface area (Å²) in [5.74, 6) is -4.77. The largest absolute Gasteiger partial charge is 0.481 e. The Hall–Kier alpha value is -2.94. The van der Waals surface area contributed by atoms with E-state index in [1.165, 1.54) is 0 Å². The van der Waals surface area contributed by atoms with Gasteiger partial charge in [0.2, 0.25) is 11.8 Å². The second-order valence-corrected chi connectivity index (χ2v) is 10.4. The van der Waals surface area contributed by atoms with Gasteiger partial charge in [-0.25, -0.2) is 4.89 Å². The zero-order valence-electron chi connectivity index (χ0n) is 24.3. The van der Waals surface area contributed by atoms with Gasteiger partial charge in [-0.2, -0.15) is 4.33 Å². The Morgan fingerprint density at radius 1 is 0.857 bits per heavy atom. The molecule has 0 heterocycles. The molecule has 0 aliphatic carbocycles. The smallest absolute Gasteiger partial charge is 0.322 e. The van der Waals surface area contributed by atoms with Gasteiger partial charge in [0.1, 0.15) is 24.7 Å². The number of carbonyl (C=O) groups is 5. The molecule has 42 heavy (non-hydrogen) atoms. The monoisotopic (exact) mass is 617 g/mol. The lowest BCUT2D eigenvalue weighted by Crippen LogP contribution is -2.49. The zero-order chi connectivity index (χ0) is 31.6. The second kappa shape index (κ2) is 25.7. The summed E-state index contributed by atoms with van der Waals surface area (Å²) >= 11 is 0.754. The standard InChI is InChI=1S/C28H47N3O10S/c1-2-3-4-8-11-14-21(15-12-9-6-5-7-10-13-16-25(33)34)40-41-42-20-23(27(37)30-19-26(35)36)31-24(32)18-17-22(29)28(38)39/h11-12,14-15,21-23H,2-10,13,16-20,29H2,1H3,(H,30,37)(H,31,32)(H,33,34)(H,35,36)(H,38,39)/b14-11-,15-12-/t21-,22-,23-/m0/s1. The topological polar surface area (TPSA) is 215 Å². The van der Waals surface area contributed by atoms with E-state index >= 15 is 0 Å². The second-order valence-electron chi connectivity index (χ2n) is 9.68. The molecule has 0 saturated heterocycles. The van der Waals surface area contributed by atoms with E-state index in [4.69, 9.17) is 30.3 Å². The van der Waals surface area contributed by atoms with Crippen LogP contribution in [0.15, 0.2) is 24.3 Å². The van der Waals surface area contributed by atoms with Gasteiger partial charge >= 0.3 is 17.9 Å². The van der Waals surface area contributed by atoms with Gasteiger partial charge in [0.25, 0.3) is 0 Å². The maximum atomic E-state index is 12.4. The number of nitrogens with two attached hydrogens (primary N) is 1. The summed E-state index contributed by atoms with van der Waals surface area (Å²) in [6.07, 6.45) is 16.5. The van der Waals surface area contributed by atoms with E-state index in [9.17, 15) is 24.0 Å². The summed E-state index contributed by atoms with van der Waals surface area (Å²) < 4.78 is 5.25. The lowest BCUT2D eigenvalue weighted by molar-refractivity contribution is -0.203. The minimum atomic E-state index is -1.26. The summed E-state index contributed by atoms with van der Waals surface area (Å²) in [6.45, 7) is 1.48. The molecular formula is C28H47N3O10S. The normalized spacial score (nSPS) is 13.6. The van der Waals surface area contributed by atoms with Crippen molar-refractivity contribution in [1.82, 2.24) is 10.6 Å². The van der Waals surface area contributed by atoms with Crippen LogP contribution in [0.5, 0.6) is 0 Å². The number of carbonyl (C=O) groups excluding carboxylic acids is 2. The van der Waals surface area contributed by atoms with Crippen molar-refractivity contribution in [3.8, 4) is 0 Å². The van der Waals surface area contributed by atoms with Gasteiger partial charge < -0.3 is 31.7 Å². The summed E-state index contributed by atoms with van der Waals surface area (Å²) in [5, 5.41) is 31.0. The van der Waals surface area contributed by atoms with Crippen molar-refractivity contribution in [2.24, 2.45) is 5.73 Å². The van der Waals surface area contributed by atoms with Gasteiger partial charge in [-0.1, -0.05) is 63.3 Å². The first kappa shape index (κ1) is 39.1. The molecule has 0 aromatic heterocycles. The Labute approximate surface area is 251 Å². The quantitative estimate of drug-likeness (QED) is 0.0257. The number of amides is 2. The lowest BCUT2D eigenvalue weighted by atomic mass is 10.1. The fourth-order valence-electron chi connectivity index (χ4n) is 3.48. The van der Waals surface area contributed by atoms with Crippen molar-refractivity contribution in [3.05, 3.63) is 24.3 Å². The summed E-state index contributed by atoms with van der Waals surface area (Å²) in [4.78, 5) is 62.4. The minimum absolute atomic E-state index is 0.110. The Bertz CT molecular complexity index is 869. The molecule has 0 radical (unpaired) electrons. The van der Waals surface area contributed by atoms with Crippen molar-refractivity contribution in [2.75, 3.05) is 12.3 Å². The third kappa shape index (κ3) is 23.7. The van der Waals surface area contributed by atoms with Crippen LogP contribution in [0.2, 0.25) is 0 Å². The summed E-state index contributed by atoms with van der Waals surface area (Å²) in [7, 11) is 0. The Morgan fingerprint density at radius 3 is 2.07 bits per heavy atom. The van der Waals surface area contributed by atoms with Crippen LogP contribution >= 0.6 is 12.0 Å². The Balaban J connectivity index is 4.88. The van der Waals surface area contributed by atoms with Crippen molar-refractivity contribution in [1.29, 1.82) is 0 Å². The van der Waals surface area contributed by atoms with E-state index in [1.54, 1.807) is 0 Å². The predicted octanol–water partition coefficient (Wildman–Crippen LogP) is 3.34. The predicted molar refractivity (Wildman–Crippen MR) is 158 cm³/mol. The summed E-state index contributed by atoms with van der Waals surface area (Å²) in [5.41, 5.74) is 5.41. The SMILES string of the molecule is CCCCC/C=C\[C@@H](/C=C\CCCCCCCC(=O)O)OOSC[C@H](NC(=O)CC[C@H](N)C(=O)O)C(=O)NCC(=O)O. The highest BCUT2D eigenvalue weighted by molar-refractivity contribution is 7.94. The third-order valence-corrected chi connectivity index (χ3v) is 6.53. The van der Waals surface area contributed by atoms with E-state index in [-0.39, 0.29) is 25.0 Å². The lowest BCUT2D eigenvalue weighted by Gasteiger charge is -2.18. The molecule has 13 nitrogen and oxygen atoms in total. The van der Waals surface area contributed by atoms with Crippen LogP contribution in [0.25, 0.3) is 0 Å². The van der Waals surface area contributed by atoms with Gasteiger partial charge in [-0.15, -0.1) is 0 Å². The summed E-state index contributed by atoms with van der Waals surface area (Å²) in [6, 6.07) is -2.40. The average Bonchev–Trinajstić information content (AvgIpc) is 2.94. The molecule has 7 N–H and O–H groups in total. The van der Waals surface area contributed by atoms with Gasteiger partial charge in [0.05, 0.1) is 5.75 Å². The van der Waals surface area contributed by atoms with Gasteiger partial charge in [-0.05, 0) is 38.5 Å². The highest BCUT2D eigenvalue weighted by Crippen LogP contribution is 2.13. The van der Waals surface area contributed by atoms with E-state index in [0.29, 0.717) is 6.42 Å². The van der Waals surface area contributed by atoms with Crippen LogP contribution in [-0.4, -0.2) is 75.5 Å². The molecule has 0 rings (SSSR count). The van der Waals surface area contributed by atoms with E-state index in [2.05, 4.69) is 17.6 Å². The minimum Gasteiger partial charge on any atom is -0.481 e. The number of carboxylic acid groups (broad SMARTS) is 3. The number of aliphatic carboxylic acids is 3. The van der Waals surface area contributed by atoms with Crippen molar-refractivity contribution in [3.63, 3.8) is 0 Å². The molecule has 240 valence electrons. The van der Waals surface area contributed by atoms with E-state index < -0.39 is 54.5 Å². The number of allylic oxidation sites excluding steroid dienone is 2. The number of unbranched alkanes of at least 4 members (excludes halogenated alkanes) is 8. The molecule has 0 unspecified atom stereocenters. The molecular weight excluding hydrogens is 570 g/mol. The van der Waals surface area contributed by atoms with E-state index in [1.807, 2.05) is 24.3 Å². The fourth-order valence-corrected chi connectivity index (χ4v) is 4.06. The molecule has 0 aromatic carbocycles. The Morgan fingerprint density at radius 2 is 1.48 bits per heavy atom. The van der Waals surface area contributed by atoms with E-state index in [0.717, 1.165) is 69.8 Å². The highest BCUT2D eigenvalue weighted by Gasteiger charge is 2.23. The molecule has 0 bridgehead atoms. The molecule has 0 fully saturated rings. The van der Waals surface area contributed by atoms with Crippen LogP contribution in [0.1, 0.15) is 90.4 Å². The molecule has 3 atom stereocenters. The van der Waals surface area contributed by atoms with Crippen molar-refractivity contribution in [2.45, 2.75) is 109 Å². The number of hydrogen-bond donors (Lipinski definition) is 6. The van der Waals surface area contributed by atoms with Crippen LogP contribution in [-0.2, 0) is 33.2 Å². The molecule has 2 amide bonds. The van der Waals surface area contributed by atoms with Crippen molar-refractivity contribution < 1.29 is 48.5 Å². The van der Waals surface area contributed by atoms with Gasteiger partial charge in [0.15, 0.2) is 0 Å². The maximum Gasteiger partial charge on any atom is 0.322 e. The van der Waals surface area contributed by atoms with Crippen molar-refractivity contribution >= 4 is 41.8 Å². The zero-order valence-corrected chi connectivity index (χ0v) is 25.1. The molecule has 14 heteroatoms. The fraction of sp³-hybridized carbons (Fsp3) is 0.679. The number of hydrogen-bond acceptors (Lipinski definition) is 9. The highest BCUT2D eigenvalue weighted by atomic mass is 32.2. The molecule has 0 saturated carbocycles. The maximum absolute atomic E-state index is 12.4. The number of nitrogens with one attached hydrogen (secondary N) is 2. The number of rotatable bonds is 27. The third-order valence-electron chi connectivity index (χ3n) is 5.89. The van der Waals surface area contributed by atoms with Crippen LogP contribution in [0, 0.1) is 0 Å². The van der Waals surface area contributed by atoms with Crippen LogP contribution in [0.4, 0.5) is 0 Å². The van der Waals surface area contributed by atoms with Gasteiger partial charge in [0, 0.05) is 24.9 Å². The first-order valence-corrected chi connectivity index (χ1v) is 15.2. The molecule has 0 spiro atoms. The molecule has 0 aliphatic rings. The first-order chi connectivity index (χ1) is 20.1. The van der Waals surface area contributed by atoms with Crippen LogP contribution < -0.4 is 16.4 Å². The molecule has 0 aromatic rings.